The summed E-state index contributed by atoms with van der Waals surface area (Å²) in [6, 6.07) is 14.8. The number of H-pyrrole nitrogens is 1. The van der Waals surface area contributed by atoms with Gasteiger partial charge in [0.05, 0.1) is 16.3 Å². The highest BCUT2D eigenvalue weighted by Gasteiger charge is 2.25. The Morgan fingerprint density at radius 2 is 2.00 bits per heavy atom. The zero-order valence-electron chi connectivity index (χ0n) is 11.0. The lowest BCUT2D eigenvalue weighted by Gasteiger charge is -2.00. The van der Waals surface area contributed by atoms with Crippen molar-refractivity contribution in [3.05, 3.63) is 69.8 Å². The van der Waals surface area contributed by atoms with E-state index in [0.717, 1.165) is 34.5 Å². The summed E-state index contributed by atoms with van der Waals surface area (Å²) in [6.07, 6.45) is 0.806. The molecule has 0 atom stereocenters. The number of hydrogen-bond donors (Lipinski definition) is 1. The Labute approximate surface area is 120 Å². The molecule has 1 N–H and O–H groups in total. The summed E-state index contributed by atoms with van der Waals surface area (Å²) in [5.41, 5.74) is 6.20. The Bertz CT molecular complexity index is 867. The third-order valence-electron chi connectivity index (χ3n) is 3.85. The molecule has 1 aliphatic rings. The Kier molecular flexibility index (Phi) is 2.41. The van der Waals surface area contributed by atoms with Crippen LogP contribution in [-0.2, 0) is 6.42 Å². The van der Waals surface area contributed by atoms with Crippen molar-refractivity contribution in [3.63, 3.8) is 0 Å². The van der Waals surface area contributed by atoms with Crippen LogP contribution in [0.3, 0.4) is 0 Å². The number of nitrogens with zero attached hydrogens (tertiary/aromatic N) is 2. The SMILES string of the molecule is O=[N+]([O-])c1cccc(-c2n[nH]c3c2Cc2ccccc2-3)c1. The van der Waals surface area contributed by atoms with Gasteiger partial charge in [-0.05, 0) is 5.56 Å². The molecule has 21 heavy (non-hydrogen) atoms. The van der Waals surface area contributed by atoms with Crippen LogP contribution < -0.4 is 0 Å². The Balaban J connectivity index is 1.85. The Morgan fingerprint density at radius 3 is 2.86 bits per heavy atom. The zero-order valence-corrected chi connectivity index (χ0v) is 11.0. The van der Waals surface area contributed by atoms with E-state index in [1.807, 2.05) is 18.2 Å². The largest absolute Gasteiger partial charge is 0.277 e. The maximum absolute atomic E-state index is 10.9. The van der Waals surface area contributed by atoms with Gasteiger partial charge in [0.2, 0.25) is 0 Å². The van der Waals surface area contributed by atoms with Crippen molar-refractivity contribution in [2.24, 2.45) is 0 Å². The van der Waals surface area contributed by atoms with Crippen LogP contribution in [-0.4, -0.2) is 15.1 Å². The molecule has 0 radical (unpaired) electrons. The van der Waals surface area contributed by atoms with Gasteiger partial charge >= 0.3 is 0 Å². The molecular weight excluding hydrogens is 266 g/mol. The van der Waals surface area contributed by atoms with Crippen LogP contribution in [0.25, 0.3) is 22.5 Å². The number of benzene rings is 2. The van der Waals surface area contributed by atoms with Gasteiger partial charge < -0.3 is 0 Å². The van der Waals surface area contributed by atoms with E-state index < -0.39 is 0 Å². The van der Waals surface area contributed by atoms with Crippen LogP contribution in [0.2, 0.25) is 0 Å². The molecule has 102 valence electrons. The smallest absolute Gasteiger partial charge is 0.270 e. The van der Waals surface area contributed by atoms with Crippen LogP contribution in [0.15, 0.2) is 48.5 Å². The highest BCUT2D eigenvalue weighted by Crippen LogP contribution is 2.40. The monoisotopic (exact) mass is 277 g/mol. The molecule has 5 nitrogen and oxygen atoms in total. The van der Waals surface area contributed by atoms with E-state index in [0.29, 0.717) is 0 Å². The molecule has 0 saturated heterocycles. The maximum Gasteiger partial charge on any atom is 0.270 e. The van der Waals surface area contributed by atoms with Crippen molar-refractivity contribution in [1.29, 1.82) is 0 Å². The molecule has 0 aliphatic heterocycles. The summed E-state index contributed by atoms with van der Waals surface area (Å²) in [7, 11) is 0. The lowest BCUT2D eigenvalue weighted by Crippen LogP contribution is -1.90. The van der Waals surface area contributed by atoms with Crippen molar-refractivity contribution in [1.82, 2.24) is 10.2 Å². The van der Waals surface area contributed by atoms with Crippen LogP contribution in [0, 0.1) is 10.1 Å². The average molecular weight is 277 g/mol. The second-order valence-electron chi connectivity index (χ2n) is 5.07. The van der Waals surface area contributed by atoms with E-state index in [1.54, 1.807) is 12.1 Å². The predicted octanol–water partition coefficient (Wildman–Crippen LogP) is 3.56. The third-order valence-corrected chi connectivity index (χ3v) is 3.85. The van der Waals surface area contributed by atoms with Crippen LogP contribution in [0.5, 0.6) is 0 Å². The highest BCUT2D eigenvalue weighted by atomic mass is 16.6. The fourth-order valence-electron chi connectivity index (χ4n) is 2.87. The molecule has 5 heteroatoms. The van der Waals surface area contributed by atoms with Crippen molar-refractivity contribution >= 4 is 5.69 Å². The summed E-state index contributed by atoms with van der Waals surface area (Å²) in [6.45, 7) is 0. The number of nitro benzene ring substituents is 1. The number of hydrogen-bond acceptors (Lipinski definition) is 3. The van der Waals surface area contributed by atoms with E-state index in [-0.39, 0.29) is 10.6 Å². The van der Waals surface area contributed by atoms with Crippen molar-refractivity contribution in [3.8, 4) is 22.5 Å². The topological polar surface area (TPSA) is 71.8 Å². The quantitative estimate of drug-likeness (QED) is 0.450. The molecule has 2 aromatic carbocycles. The lowest BCUT2D eigenvalue weighted by atomic mass is 10.1. The number of nitro groups is 1. The summed E-state index contributed by atoms with van der Waals surface area (Å²) >= 11 is 0. The first kappa shape index (κ1) is 11.8. The Hall–Kier alpha value is -2.95. The summed E-state index contributed by atoms with van der Waals surface area (Å²) in [5, 5.41) is 18.3. The summed E-state index contributed by atoms with van der Waals surface area (Å²) in [4.78, 5) is 10.5. The molecule has 1 aliphatic carbocycles. The van der Waals surface area contributed by atoms with Gasteiger partial charge in [-0.1, -0.05) is 36.4 Å². The molecule has 0 bridgehead atoms. The standard InChI is InChI=1S/C16H11N3O2/c20-19(21)12-6-3-5-11(8-12)15-14-9-10-4-1-2-7-13(10)16(14)18-17-15/h1-8H,9H2,(H,17,18). The van der Waals surface area contributed by atoms with Crippen LogP contribution >= 0.6 is 0 Å². The Morgan fingerprint density at radius 1 is 1.14 bits per heavy atom. The maximum atomic E-state index is 10.9. The average Bonchev–Trinajstić information content (AvgIpc) is 3.06. The molecule has 0 spiro atoms. The number of rotatable bonds is 2. The van der Waals surface area contributed by atoms with Crippen LogP contribution in [0.4, 0.5) is 5.69 Å². The summed E-state index contributed by atoms with van der Waals surface area (Å²) in [5.74, 6) is 0. The molecule has 4 rings (SSSR count). The van der Waals surface area contributed by atoms with E-state index in [9.17, 15) is 10.1 Å². The molecule has 3 aromatic rings. The third kappa shape index (κ3) is 1.74. The lowest BCUT2D eigenvalue weighted by molar-refractivity contribution is -0.384. The van der Waals surface area contributed by atoms with Crippen molar-refractivity contribution in [2.45, 2.75) is 6.42 Å². The minimum Gasteiger partial charge on any atom is -0.277 e. The van der Waals surface area contributed by atoms with Gasteiger partial charge in [0.1, 0.15) is 0 Å². The molecule has 1 heterocycles. The molecule has 0 saturated carbocycles. The number of nitrogens with one attached hydrogen (secondary N) is 1. The number of fused-ring (bicyclic) bond motifs is 3. The first-order valence-electron chi connectivity index (χ1n) is 6.64. The molecule has 1 aromatic heterocycles. The predicted molar refractivity (Wildman–Crippen MR) is 78.9 cm³/mol. The van der Waals surface area contributed by atoms with Crippen molar-refractivity contribution < 1.29 is 4.92 Å². The van der Waals surface area contributed by atoms with Gasteiger partial charge in [0, 0.05) is 35.2 Å². The fraction of sp³-hybridized carbons (Fsp3) is 0.0625. The number of aromatic nitrogens is 2. The second-order valence-corrected chi connectivity index (χ2v) is 5.07. The second kappa shape index (κ2) is 4.28. The molecule has 0 amide bonds. The zero-order chi connectivity index (χ0) is 14.4. The first-order chi connectivity index (χ1) is 10.2. The van der Waals surface area contributed by atoms with Crippen LogP contribution in [0.1, 0.15) is 11.1 Å². The molecular formula is C16H11N3O2. The summed E-state index contributed by atoms with van der Waals surface area (Å²) < 4.78 is 0. The van der Waals surface area contributed by atoms with Gasteiger partial charge in [0.25, 0.3) is 5.69 Å². The van der Waals surface area contributed by atoms with E-state index in [4.69, 9.17) is 0 Å². The van der Waals surface area contributed by atoms with Gasteiger partial charge in [-0.2, -0.15) is 5.10 Å². The van der Waals surface area contributed by atoms with Gasteiger partial charge in [-0.25, -0.2) is 0 Å². The van der Waals surface area contributed by atoms with Gasteiger partial charge in [-0.15, -0.1) is 0 Å². The first-order valence-corrected chi connectivity index (χ1v) is 6.64. The minimum absolute atomic E-state index is 0.0831. The number of aromatic amines is 1. The van der Waals surface area contributed by atoms with E-state index in [2.05, 4.69) is 22.3 Å². The highest BCUT2D eigenvalue weighted by molar-refractivity contribution is 5.81. The molecule has 0 unspecified atom stereocenters. The van der Waals surface area contributed by atoms with E-state index in [1.165, 1.54) is 11.6 Å². The minimum atomic E-state index is -0.384. The van der Waals surface area contributed by atoms with E-state index >= 15 is 0 Å². The fourth-order valence-corrected chi connectivity index (χ4v) is 2.87. The van der Waals surface area contributed by atoms with Crippen molar-refractivity contribution in [2.75, 3.05) is 0 Å². The van der Waals surface area contributed by atoms with Gasteiger partial charge in [0.15, 0.2) is 0 Å². The molecule has 0 fully saturated rings. The van der Waals surface area contributed by atoms with Gasteiger partial charge in [-0.3, -0.25) is 15.2 Å². The number of non-ortho nitro benzene ring substituents is 1. The normalized spacial score (nSPS) is 12.0.